The monoisotopic (exact) mass is 168 g/mol. The summed E-state index contributed by atoms with van der Waals surface area (Å²) >= 11 is 0. The smallest absolute Gasteiger partial charge is 0.105 e. The molecule has 1 aliphatic carbocycles. The van der Waals surface area contributed by atoms with Gasteiger partial charge in [0, 0.05) is 0 Å². The van der Waals surface area contributed by atoms with Crippen LogP contribution in [-0.2, 0) is 0 Å². The van der Waals surface area contributed by atoms with Gasteiger partial charge in [-0.3, -0.25) is 0 Å². The summed E-state index contributed by atoms with van der Waals surface area (Å²) in [6, 6.07) is 0. The van der Waals surface area contributed by atoms with Crippen LogP contribution < -0.4 is 0 Å². The lowest BCUT2D eigenvalue weighted by molar-refractivity contribution is 0.0593. The summed E-state index contributed by atoms with van der Waals surface area (Å²) in [7, 11) is 0. The summed E-state index contributed by atoms with van der Waals surface area (Å²) in [6.45, 7) is 6.07. The van der Waals surface area contributed by atoms with Crippen molar-refractivity contribution in [2.45, 2.75) is 33.0 Å². The van der Waals surface area contributed by atoms with E-state index in [4.69, 9.17) is 0 Å². The molecule has 0 aromatic carbocycles. The van der Waals surface area contributed by atoms with E-state index in [9.17, 15) is 10.2 Å². The second kappa shape index (κ2) is 3.04. The Labute approximate surface area is 73.2 Å². The minimum absolute atomic E-state index is 0.0782. The molecule has 0 aromatic rings. The molecular weight excluding hydrogens is 152 g/mol. The highest BCUT2D eigenvalue weighted by Gasteiger charge is 2.28. The average Bonchev–Trinajstić information content (AvgIpc) is 1.92. The second-order valence-corrected chi connectivity index (χ2v) is 4.19. The van der Waals surface area contributed by atoms with Crippen LogP contribution in [0.4, 0.5) is 0 Å². The van der Waals surface area contributed by atoms with Crippen LogP contribution >= 0.6 is 0 Å². The molecule has 68 valence electrons. The molecule has 12 heavy (non-hydrogen) atoms. The molecule has 0 spiro atoms. The van der Waals surface area contributed by atoms with E-state index >= 15 is 0 Å². The molecular formula is C10H16O2. The molecule has 0 bridgehead atoms. The van der Waals surface area contributed by atoms with Crippen molar-refractivity contribution in [3.05, 3.63) is 23.8 Å². The van der Waals surface area contributed by atoms with E-state index in [0.717, 1.165) is 5.57 Å². The number of hydrogen-bond donors (Lipinski definition) is 2. The van der Waals surface area contributed by atoms with Crippen molar-refractivity contribution in [2.75, 3.05) is 0 Å². The van der Waals surface area contributed by atoms with E-state index < -0.39 is 12.2 Å². The minimum atomic E-state index is -0.746. The molecule has 2 nitrogen and oxygen atoms in total. The maximum atomic E-state index is 9.60. The van der Waals surface area contributed by atoms with Gasteiger partial charge < -0.3 is 10.2 Å². The lowest BCUT2D eigenvalue weighted by Gasteiger charge is -2.30. The lowest BCUT2D eigenvalue weighted by Crippen LogP contribution is -2.33. The van der Waals surface area contributed by atoms with Crippen LogP contribution in [0.3, 0.4) is 0 Å². The molecule has 0 amide bonds. The zero-order chi connectivity index (χ0) is 9.35. The van der Waals surface area contributed by atoms with E-state index in [1.165, 1.54) is 0 Å². The van der Waals surface area contributed by atoms with Crippen molar-refractivity contribution < 1.29 is 10.2 Å². The Morgan fingerprint density at radius 3 is 2.25 bits per heavy atom. The second-order valence-electron chi connectivity index (χ2n) is 4.19. The molecule has 0 aromatic heterocycles. The third-order valence-corrected chi connectivity index (χ3v) is 2.09. The zero-order valence-corrected chi connectivity index (χ0v) is 7.78. The molecule has 2 N–H and O–H groups in total. The molecule has 0 fully saturated rings. The summed E-state index contributed by atoms with van der Waals surface area (Å²) in [5.41, 5.74) is 0.808. The number of rotatable bonds is 0. The predicted octanol–water partition coefficient (Wildman–Crippen LogP) is 1.25. The van der Waals surface area contributed by atoms with Crippen molar-refractivity contribution in [2.24, 2.45) is 5.41 Å². The van der Waals surface area contributed by atoms with Crippen LogP contribution in [0, 0.1) is 5.41 Å². The molecule has 1 rings (SSSR count). The molecule has 0 unspecified atom stereocenters. The topological polar surface area (TPSA) is 40.5 Å². The fourth-order valence-corrected chi connectivity index (χ4v) is 1.35. The van der Waals surface area contributed by atoms with Crippen molar-refractivity contribution >= 4 is 0 Å². The Morgan fingerprint density at radius 1 is 1.25 bits per heavy atom. The van der Waals surface area contributed by atoms with Gasteiger partial charge >= 0.3 is 0 Å². The maximum Gasteiger partial charge on any atom is 0.105 e. The Morgan fingerprint density at radius 2 is 1.83 bits per heavy atom. The third-order valence-electron chi connectivity index (χ3n) is 2.09. The van der Waals surface area contributed by atoms with Crippen molar-refractivity contribution in [1.82, 2.24) is 0 Å². The maximum absolute atomic E-state index is 9.60. The van der Waals surface area contributed by atoms with Gasteiger partial charge in [0.25, 0.3) is 0 Å². The van der Waals surface area contributed by atoms with Gasteiger partial charge in [0.1, 0.15) is 12.2 Å². The van der Waals surface area contributed by atoms with Crippen molar-refractivity contribution in [3.63, 3.8) is 0 Å². The van der Waals surface area contributed by atoms with Gasteiger partial charge in [-0.2, -0.15) is 0 Å². The molecule has 2 heteroatoms. The van der Waals surface area contributed by atoms with Crippen LogP contribution in [0.15, 0.2) is 23.8 Å². The van der Waals surface area contributed by atoms with Gasteiger partial charge in [0.15, 0.2) is 0 Å². The first kappa shape index (κ1) is 9.49. The SMILES string of the molecule is CC(C)(C)C1=CC=C[C@@H](O)[C@@H]1O. The van der Waals surface area contributed by atoms with Crippen molar-refractivity contribution in [3.8, 4) is 0 Å². The highest BCUT2D eigenvalue weighted by atomic mass is 16.3. The van der Waals surface area contributed by atoms with Crippen LogP contribution in [0.25, 0.3) is 0 Å². The Kier molecular flexibility index (Phi) is 2.40. The first-order valence-corrected chi connectivity index (χ1v) is 4.18. The highest BCUT2D eigenvalue weighted by Crippen LogP contribution is 2.31. The number of hydrogen-bond acceptors (Lipinski definition) is 2. The Bertz CT molecular complexity index is 220. The summed E-state index contributed by atoms with van der Waals surface area (Å²) in [4.78, 5) is 0. The number of allylic oxidation sites excluding steroid dienone is 2. The van der Waals surface area contributed by atoms with Gasteiger partial charge in [-0.1, -0.05) is 39.0 Å². The predicted molar refractivity (Wildman–Crippen MR) is 48.7 cm³/mol. The van der Waals surface area contributed by atoms with Crippen LogP contribution in [0.2, 0.25) is 0 Å². The number of aliphatic hydroxyl groups is 2. The van der Waals surface area contributed by atoms with Crippen LogP contribution in [-0.4, -0.2) is 22.4 Å². The van der Waals surface area contributed by atoms with E-state index in [1.807, 2.05) is 26.8 Å². The fraction of sp³-hybridized carbons (Fsp3) is 0.600. The molecule has 2 atom stereocenters. The molecule has 0 aliphatic heterocycles. The Hall–Kier alpha value is -0.600. The van der Waals surface area contributed by atoms with E-state index in [1.54, 1.807) is 12.2 Å². The average molecular weight is 168 g/mol. The van der Waals surface area contributed by atoms with Crippen LogP contribution in [0.1, 0.15) is 20.8 Å². The van der Waals surface area contributed by atoms with Crippen LogP contribution in [0.5, 0.6) is 0 Å². The molecule has 0 heterocycles. The molecule has 1 aliphatic rings. The van der Waals surface area contributed by atoms with Gasteiger partial charge in [-0.05, 0) is 11.0 Å². The lowest BCUT2D eigenvalue weighted by atomic mass is 9.79. The molecule has 0 saturated heterocycles. The highest BCUT2D eigenvalue weighted by molar-refractivity contribution is 5.29. The largest absolute Gasteiger partial charge is 0.386 e. The van der Waals surface area contributed by atoms with Crippen molar-refractivity contribution in [1.29, 1.82) is 0 Å². The van der Waals surface area contributed by atoms with Gasteiger partial charge in [0.2, 0.25) is 0 Å². The van der Waals surface area contributed by atoms with E-state index in [0.29, 0.717) is 0 Å². The quantitative estimate of drug-likeness (QED) is 0.571. The summed E-state index contributed by atoms with van der Waals surface area (Å²) in [5, 5.41) is 18.9. The summed E-state index contributed by atoms with van der Waals surface area (Å²) in [5.74, 6) is 0. The van der Waals surface area contributed by atoms with Gasteiger partial charge in [-0.15, -0.1) is 0 Å². The van der Waals surface area contributed by atoms with E-state index in [2.05, 4.69) is 0 Å². The Balaban J connectivity index is 2.90. The standard InChI is InChI=1S/C10H16O2/c1-10(2,3)7-5-4-6-8(11)9(7)12/h4-6,8-9,11-12H,1-3H3/t8-,9-/m1/s1. The van der Waals surface area contributed by atoms with Gasteiger partial charge in [0.05, 0.1) is 0 Å². The first-order chi connectivity index (χ1) is 5.43. The molecule has 0 saturated carbocycles. The number of aliphatic hydroxyl groups excluding tert-OH is 2. The minimum Gasteiger partial charge on any atom is -0.386 e. The normalized spacial score (nSPS) is 30.2. The summed E-state index contributed by atoms with van der Waals surface area (Å²) < 4.78 is 0. The zero-order valence-electron chi connectivity index (χ0n) is 7.78. The first-order valence-electron chi connectivity index (χ1n) is 4.18. The van der Waals surface area contributed by atoms with E-state index in [-0.39, 0.29) is 5.41 Å². The molecule has 0 radical (unpaired) electrons. The summed E-state index contributed by atoms with van der Waals surface area (Å²) in [6.07, 6.45) is 3.77. The van der Waals surface area contributed by atoms with Gasteiger partial charge in [-0.25, -0.2) is 0 Å². The third kappa shape index (κ3) is 1.76. The fourth-order valence-electron chi connectivity index (χ4n) is 1.35.